The summed E-state index contributed by atoms with van der Waals surface area (Å²) in [4.78, 5) is 11.3. The zero-order valence-corrected chi connectivity index (χ0v) is 16.0. The van der Waals surface area contributed by atoms with E-state index in [0.717, 1.165) is 25.4 Å². The van der Waals surface area contributed by atoms with Gasteiger partial charge in [0, 0.05) is 12.3 Å². The molecule has 142 valence electrons. The first kappa shape index (κ1) is 17.1. The molecule has 2 fully saturated rings. The molecular formula is C24H28O3. The Kier molecular flexibility index (Phi) is 3.96. The molecule has 1 heterocycles. The normalized spacial score (nSPS) is 34.9. The fraction of sp³-hybridized carbons (Fsp3) is 0.542. The van der Waals surface area contributed by atoms with Crippen LogP contribution in [0.3, 0.4) is 0 Å². The first-order valence-corrected chi connectivity index (χ1v) is 10.4. The van der Waals surface area contributed by atoms with Gasteiger partial charge >= 0.3 is 5.97 Å². The minimum Gasteiger partial charge on any atom is -0.501 e. The second-order valence-electron chi connectivity index (χ2n) is 9.18. The highest BCUT2D eigenvalue weighted by Gasteiger charge is 2.52. The lowest BCUT2D eigenvalue weighted by molar-refractivity contribution is 0.0696. The maximum Gasteiger partial charge on any atom is 0.335 e. The summed E-state index contributed by atoms with van der Waals surface area (Å²) < 4.78 is 5.65. The maximum absolute atomic E-state index is 11.3. The molecule has 1 aromatic carbocycles. The van der Waals surface area contributed by atoms with Crippen molar-refractivity contribution in [3.05, 3.63) is 58.4 Å². The standard InChI is InChI=1S/C24H28O3/c1-24-11-2-3-21(24)19-9-8-17-14-27-12-10-18(17)22(19)20(13-24)15-4-6-16(7-5-15)23(25)26/h4-7,14,19-21H,2-3,8-13H2,1H3,(H,25,26)/t19?,20?,21?,24-/m0/s1. The van der Waals surface area contributed by atoms with Crippen LogP contribution < -0.4 is 0 Å². The Morgan fingerprint density at radius 3 is 2.78 bits per heavy atom. The van der Waals surface area contributed by atoms with Crippen LogP contribution in [-0.2, 0) is 4.74 Å². The molecule has 4 aliphatic rings. The predicted octanol–water partition coefficient (Wildman–Crippen LogP) is 5.69. The number of allylic oxidation sites excluding steroid dienone is 2. The quantitative estimate of drug-likeness (QED) is 0.733. The van der Waals surface area contributed by atoms with E-state index in [1.165, 1.54) is 43.2 Å². The van der Waals surface area contributed by atoms with E-state index in [9.17, 15) is 9.90 Å². The Hall–Kier alpha value is -2.03. The van der Waals surface area contributed by atoms with Gasteiger partial charge in [-0.2, -0.15) is 0 Å². The molecule has 1 N–H and O–H groups in total. The number of fused-ring (bicyclic) bond motifs is 4. The van der Waals surface area contributed by atoms with Crippen molar-refractivity contribution in [2.24, 2.45) is 17.3 Å². The summed E-state index contributed by atoms with van der Waals surface area (Å²) in [5.41, 5.74) is 6.76. The van der Waals surface area contributed by atoms with Crippen LogP contribution in [0, 0.1) is 17.3 Å². The molecule has 1 aliphatic heterocycles. The molecule has 3 nitrogen and oxygen atoms in total. The van der Waals surface area contributed by atoms with E-state index in [4.69, 9.17) is 4.74 Å². The van der Waals surface area contributed by atoms with Gasteiger partial charge in [0.1, 0.15) is 0 Å². The molecule has 0 aromatic heterocycles. The van der Waals surface area contributed by atoms with Crippen LogP contribution in [0.2, 0.25) is 0 Å². The molecule has 0 spiro atoms. The number of aromatic carboxylic acids is 1. The Balaban J connectivity index is 1.63. The highest BCUT2D eigenvalue weighted by atomic mass is 16.5. The van der Waals surface area contributed by atoms with Crippen molar-refractivity contribution in [3.8, 4) is 0 Å². The highest BCUT2D eigenvalue weighted by Crippen LogP contribution is 2.63. The fourth-order valence-electron chi connectivity index (χ4n) is 6.60. The molecule has 3 aliphatic carbocycles. The number of rotatable bonds is 2. The predicted molar refractivity (Wildman–Crippen MR) is 105 cm³/mol. The molecule has 4 atom stereocenters. The number of carboxylic acids is 1. The van der Waals surface area contributed by atoms with Gasteiger partial charge in [-0.3, -0.25) is 0 Å². The number of hydrogen-bond acceptors (Lipinski definition) is 2. The van der Waals surface area contributed by atoms with E-state index < -0.39 is 5.97 Å². The van der Waals surface area contributed by atoms with Crippen LogP contribution in [0.4, 0.5) is 0 Å². The Bertz CT molecular complexity index is 832. The summed E-state index contributed by atoms with van der Waals surface area (Å²) in [7, 11) is 0. The third kappa shape index (κ3) is 2.66. The highest BCUT2D eigenvalue weighted by molar-refractivity contribution is 5.87. The topological polar surface area (TPSA) is 46.5 Å². The molecule has 27 heavy (non-hydrogen) atoms. The Morgan fingerprint density at radius 2 is 2.00 bits per heavy atom. The van der Waals surface area contributed by atoms with E-state index in [1.807, 2.05) is 6.26 Å². The van der Waals surface area contributed by atoms with Crippen molar-refractivity contribution in [2.75, 3.05) is 6.61 Å². The van der Waals surface area contributed by atoms with Crippen molar-refractivity contribution in [1.29, 1.82) is 0 Å². The van der Waals surface area contributed by atoms with Crippen molar-refractivity contribution < 1.29 is 14.6 Å². The lowest BCUT2D eigenvalue weighted by atomic mass is 9.54. The second kappa shape index (κ2) is 6.25. The van der Waals surface area contributed by atoms with Crippen molar-refractivity contribution in [3.63, 3.8) is 0 Å². The first-order valence-electron chi connectivity index (χ1n) is 10.4. The van der Waals surface area contributed by atoms with Gasteiger partial charge in [0.2, 0.25) is 0 Å². The van der Waals surface area contributed by atoms with Gasteiger partial charge in [-0.25, -0.2) is 4.79 Å². The molecule has 1 aromatic rings. The van der Waals surface area contributed by atoms with Crippen LogP contribution in [0.25, 0.3) is 0 Å². The number of carboxylic acid groups (broad SMARTS) is 1. The molecular weight excluding hydrogens is 336 g/mol. The van der Waals surface area contributed by atoms with Crippen LogP contribution in [0.5, 0.6) is 0 Å². The van der Waals surface area contributed by atoms with Crippen LogP contribution in [0.1, 0.15) is 73.7 Å². The average molecular weight is 364 g/mol. The van der Waals surface area contributed by atoms with Gasteiger partial charge in [0.15, 0.2) is 0 Å². The van der Waals surface area contributed by atoms with Crippen molar-refractivity contribution >= 4 is 5.97 Å². The molecule has 0 bridgehead atoms. The first-order chi connectivity index (χ1) is 13.1. The van der Waals surface area contributed by atoms with E-state index in [1.54, 1.807) is 23.3 Å². The molecule has 0 amide bonds. The van der Waals surface area contributed by atoms with Gasteiger partial charge in [-0.1, -0.05) is 31.1 Å². The second-order valence-corrected chi connectivity index (χ2v) is 9.18. The molecule has 3 heteroatoms. The minimum absolute atomic E-state index is 0.379. The summed E-state index contributed by atoms with van der Waals surface area (Å²) in [6, 6.07) is 7.69. The fourth-order valence-corrected chi connectivity index (χ4v) is 6.60. The van der Waals surface area contributed by atoms with E-state index in [0.29, 0.717) is 22.8 Å². The van der Waals surface area contributed by atoms with Gasteiger partial charge in [0.25, 0.3) is 0 Å². The molecule has 5 rings (SSSR count). The third-order valence-electron chi connectivity index (χ3n) is 7.81. The number of ether oxygens (including phenoxy) is 1. The number of benzene rings is 1. The van der Waals surface area contributed by atoms with E-state index in [2.05, 4.69) is 19.1 Å². The average Bonchev–Trinajstić information content (AvgIpc) is 3.08. The van der Waals surface area contributed by atoms with Crippen molar-refractivity contribution in [2.45, 2.75) is 57.8 Å². The van der Waals surface area contributed by atoms with E-state index >= 15 is 0 Å². The Labute approximate surface area is 161 Å². The molecule has 0 radical (unpaired) electrons. The van der Waals surface area contributed by atoms with Crippen LogP contribution in [-0.4, -0.2) is 17.7 Å². The Morgan fingerprint density at radius 1 is 1.19 bits per heavy atom. The number of carbonyl (C=O) groups is 1. The van der Waals surface area contributed by atoms with Gasteiger partial charge < -0.3 is 9.84 Å². The zero-order valence-electron chi connectivity index (χ0n) is 16.0. The van der Waals surface area contributed by atoms with Gasteiger partial charge in [-0.05, 0) is 78.2 Å². The van der Waals surface area contributed by atoms with Crippen molar-refractivity contribution in [1.82, 2.24) is 0 Å². The largest absolute Gasteiger partial charge is 0.501 e. The van der Waals surface area contributed by atoms with Crippen LogP contribution in [0.15, 0.2) is 47.2 Å². The lowest BCUT2D eigenvalue weighted by Gasteiger charge is -2.51. The maximum atomic E-state index is 11.3. The number of hydrogen-bond donors (Lipinski definition) is 1. The summed E-state index contributed by atoms with van der Waals surface area (Å²) in [5, 5.41) is 9.26. The monoisotopic (exact) mass is 364 g/mol. The molecule has 0 saturated heterocycles. The lowest BCUT2D eigenvalue weighted by Crippen LogP contribution is -2.40. The molecule has 2 saturated carbocycles. The smallest absolute Gasteiger partial charge is 0.335 e. The SMILES string of the molecule is C[C@@]12CCCC1C1CCC3=COCCC3=C1C(c1ccc(C(=O)O)cc1)C2. The summed E-state index contributed by atoms with van der Waals surface area (Å²) in [6.07, 6.45) is 10.7. The summed E-state index contributed by atoms with van der Waals surface area (Å²) in [5.74, 6) is 1.09. The summed E-state index contributed by atoms with van der Waals surface area (Å²) in [6.45, 7) is 3.31. The zero-order chi connectivity index (χ0) is 18.6. The molecule has 3 unspecified atom stereocenters. The van der Waals surface area contributed by atoms with Gasteiger partial charge in [0.05, 0.1) is 18.4 Å². The summed E-state index contributed by atoms with van der Waals surface area (Å²) >= 11 is 0. The van der Waals surface area contributed by atoms with Gasteiger partial charge in [-0.15, -0.1) is 0 Å². The van der Waals surface area contributed by atoms with E-state index in [-0.39, 0.29) is 0 Å². The van der Waals surface area contributed by atoms with Crippen LogP contribution >= 0.6 is 0 Å². The minimum atomic E-state index is -0.847. The third-order valence-corrected chi connectivity index (χ3v) is 7.81.